The third kappa shape index (κ3) is 3.78. The number of pyridine rings is 1. The monoisotopic (exact) mass is 338 g/mol. The molecule has 1 unspecified atom stereocenters. The van der Waals surface area contributed by atoms with Gasteiger partial charge in [-0.1, -0.05) is 39.7 Å². The molecular formula is C14H12BrClN2O. The Bertz CT molecular complexity index is 604. The average Bonchev–Trinajstić information content (AvgIpc) is 2.38. The summed E-state index contributed by atoms with van der Waals surface area (Å²) in [7, 11) is 0. The van der Waals surface area contributed by atoms with Crippen molar-refractivity contribution in [2.24, 2.45) is 0 Å². The van der Waals surface area contributed by atoms with E-state index in [-0.39, 0.29) is 11.9 Å². The molecular weight excluding hydrogens is 328 g/mol. The Hall–Kier alpha value is -1.39. The summed E-state index contributed by atoms with van der Waals surface area (Å²) in [6.45, 7) is 1.93. The van der Waals surface area contributed by atoms with Gasteiger partial charge in [-0.05, 0) is 36.8 Å². The molecule has 98 valence electrons. The number of benzene rings is 1. The molecule has 0 saturated heterocycles. The quantitative estimate of drug-likeness (QED) is 0.859. The molecule has 0 fully saturated rings. The van der Waals surface area contributed by atoms with E-state index in [1.54, 1.807) is 12.1 Å². The van der Waals surface area contributed by atoms with Crippen LogP contribution in [0.15, 0.2) is 47.1 Å². The van der Waals surface area contributed by atoms with Gasteiger partial charge >= 0.3 is 0 Å². The van der Waals surface area contributed by atoms with E-state index < -0.39 is 0 Å². The summed E-state index contributed by atoms with van der Waals surface area (Å²) in [5.74, 6) is -0.170. The van der Waals surface area contributed by atoms with Crippen LogP contribution in [0.3, 0.4) is 0 Å². The predicted octanol–water partition coefficient (Wildman–Crippen LogP) is 3.99. The van der Waals surface area contributed by atoms with E-state index >= 15 is 0 Å². The SMILES string of the molecule is CC(NC(=O)c1ccnc(Cl)c1)c1cccc(Br)c1. The van der Waals surface area contributed by atoms with Crippen molar-refractivity contribution in [2.45, 2.75) is 13.0 Å². The Labute approximate surface area is 125 Å². The number of hydrogen-bond acceptors (Lipinski definition) is 2. The summed E-state index contributed by atoms with van der Waals surface area (Å²) in [6, 6.07) is 10.9. The standard InChI is InChI=1S/C14H12BrClN2O/c1-9(10-3-2-4-12(15)7-10)18-14(19)11-5-6-17-13(16)8-11/h2-9H,1H3,(H,18,19). The van der Waals surface area contributed by atoms with Gasteiger partial charge in [-0.3, -0.25) is 4.79 Å². The molecule has 0 aliphatic heterocycles. The molecule has 2 aromatic rings. The van der Waals surface area contributed by atoms with Crippen LogP contribution in [-0.4, -0.2) is 10.9 Å². The van der Waals surface area contributed by atoms with Gasteiger partial charge in [0.25, 0.3) is 5.91 Å². The Morgan fingerprint density at radius 3 is 2.84 bits per heavy atom. The molecule has 0 bridgehead atoms. The van der Waals surface area contributed by atoms with Gasteiger partial charge in [0.1, 0.15) is 5.15 Å². The second-order valence-corrected chi connectivity index (χ2v) is 5.42. The summed E-state index contributed by atoms with van der Waals surface area (Å²) in [5, 5.41) is 3.23. The number of amides is 1. The Balaban J connectivity index is 2.11. The fourth-order valence-corrected chi connectivity index (χ4v) is 2.27. The summed E-state index contributed by atoms with van der Waals surface area (Å²) in [6.07, 6.45) is 1.51. The van der Waals surface area contributed by atoms with Crippen LogP contribution in [0, 0.1) is 0 Å². The molecule has 0 spiro atoms. The van der Waals surface area contributed by atoms with Crippen molar-refractivity contribution in [3.8, 4) is 0 Å². The topological polar surface area (TPSA) is 42.0 Å². The first kappa shape index (κ1) is 14.0. The van der Waals surface area contributed by atoms with Gasteiger partial charge in [-0.15, -0.1) is 0 Å². The van der Waals surface area contributed by atoms with Crippen LogP contribution in [0.25, 0.3) is 0 Å². The van der Waals surface area contributed by atoms with Crippen molar-refractivity contribution in [3.05, 3.63) is 63.3 Å². The smallest absolute Gasteiger partial charge is 0.251 e. The number of rotatable bonds is 3. The lowest BCUT2D eigenvalue weighted by molar-refractivity contribution is 0.0940. The number of halogens is 2. The average molecular weight is 340 g/mol. The van der Waals surface area contributed by atoms with Crippen LogP contribution in [0.5, 0.6) is 0 Å². The molecule has 3 nitrogen and oxygen atoms in total. The lowest BCUT2D eigenvalue weighted by atomic mass is 10.1. The highest BCUT2D eigenvalue weighted by Crippen LogP contribution is 2.18. The van der Waals surface area contributed by atoms with Gasteiger partial charge < -0.3 is 5.32 Å². The first-order valence-corrected chi connectivity index (χ1v) is 6.91. The van der Waals surface area contributed by atoms with Gasteiger partial charge in [0.15, 0.2) is 0 Å². The zero-order chi connectivity index (χ0) is 13.8. The molecule has 0 saturated carbocycles. The Morgan fingerprint density at radius 2 is 2.16 bits per heavy atom. The third-order valence-electron chi connectivity index (χ3n) is 2.69. The second kappa shape index (κ2) is 6.17. The fourth-order valence-electron chi connectivity index (χ4n) is 1.68. The molecule has 1 amide bonds. The van der Waals surface area contributed by atoms with Crippen molar-refractivity contribution in [1.82, 2.24) is 10.3 Å². The fraction of sp³-hybridized carbons (Fsp3) is 0.143. The zero-order valence-electron chi connectivity index (χ0n) is 10.2. The molecule has 1 aromatic heterocycles. The molecule has 2 rings (SSSR count). The Kier molecular flexibility index (Phi) is 4.56. The largest absolute Gasteiger partial charge is 0.346 e. The Morgan fingerprint density at radius 1 is 1.37 bits per heavy atom. The molecule has 0 aliphatic carbocycles. The normalized spacial score (nSPS) is 11.9. The number of aromatic nitrogens is 1. The maximum Gasteiger partial charge on any atom is 0.251 e. The van der Waals surface area contributed by atoms with E-state index in [1.165, 1.54) is 6.20 Å². The molecule has 19 heavy (non-hydrogen) atoms. The lowest BCUT2D eigenvalue weighted by Gasteiger charge is -2.14. The van der Waals surface area contributed by atoms with Crippen molar-refractivity contribution in [1.29, 1.82) is 0 Å². The van der Waals surface area contributed by atoms with Gasteiger partial charge in [0.2, 0.25) is 0 Å². The molecule has 0 radical (unpaired) electrons. The first-order valence-electron chi connectivity index (χ1n) is 5.74. The molecule has 1 atom stereocenters. The highest BCUT2D eigenvalue weighted by molar-refractivity contribution is 9.10. The maximum absolute atomic E-state index is 12.1. The van der Waals surface area contributed by atoms with Crippen LogP contribution < -0.4 is 5.32 Å². The van der Waals surface area contributed by atoms with Crippen LogP contribution in [0.2, 0.25) is 5.15 Å². The highest BCUT2D eigenvalue weighted by atomic mass is 79.9. The third-order valence-corrected chi connectivity index (χ3v) is 3.38. The summed E-state index contributed by atoms with van der Waals surface area (Å²) in [5.41, 5.74) is 1.53. The van der Waals surface area contributed by atoms with Gasteiger partial charge in [0.05, 0.1) is 6.04 Å². The number of nitrogens with one attached hydrogen (secondary N) is 1. The van der Waals surface area contributed by atoms with Gasteiger partial charge in [0, 0.05) is 16.2 Å². The lowest BCUT2D eigenvalue weighted by Crippen LogP contribution is -2.26. The van der Waals surface area contributed by atoms with E-state index in [9.17, 15) is 4.79 Å². The minimum absolute atomic E-state index is 0.0862. The minimum Gasteiger partial charge on any atom is -0.346 e. The van der Waals surface area contributed by atoms with E-state index in [4.69, 9.17) is 11.6 Å². The van der Waals surface area contributed by atoms with Crippen LogP contribution in [0.1, 0.15) is 28.9 Å². The van der Waals surface area contributed by atoms with Crippen molar-refractivity contribution < 1.29 is 4.79 Å². The minimum atomic E-state index is -0.170. The predicted molar refractivity (Wildman–Crippen MR) is 79.3 cm³/mol. The van der Waals surface area contributed by atoms with E-state index in [2.05, 4.69) is 26.2 Å². The second-order valence-electron chi connectivity index (χ2n) is 4.12. The van der Waals surface area contributed by atoms with Crippen LogP contribution in [-0.2, 0) is 0 Å². The first-order chi connectivity index (χ1) is 9.06. The molecule has 1 N–H and O–H groups in total. The van der Waals surface area contributed by atoms with E-state index in [0.717, 1.165) is 10.0 Å². The maximum atomic E-state index is 12.1. The number of carbonyl (C=O) groups is 1. The number of nitrogens with zero attached hydrogens (tertiary/aromatic N) is 1. The molecule has 0 aliphatic rings. The van der Waals surface area contributed by atoms with E-state index in [0.29, 0.717) is 10.7 Å². The van der Waals surface area contributed by atoms with Crippen LogP contribution in [0.4, 0.5) is 0 Å². The summed E-state index contributed by atoms with van der Waals surface area (Å²) >= 11 is 9.18. The van der Waals surface area contributed by atoms with Crippen molar-refractivity contribution >= 4 is 33.4 Å². The van der Waals surface area contributed by atoms with Crippen molar-refractivity contribution in [3.63, 3.8) is 0 Å². The summed E-state index contributed by atoms with van der Waals surface area (Å²) < 4.78 is 0.984. The van der Waals surface area contributed by atoms with Crippen molar-refractivity contribution in [2.75, 3.05) is 0 Å². The molecule has 5 heteroatoms. The van der Waals surface area contributed by atoms with E-state index in [1.807, 2.05) is 31.2 Å². The zero-order valence-corrected chi connectivity index (χ0v) is 12.6. The number of carbonyl (C=O) groups excluding carboxylic acids is 1. The summed E-state index contributed by atoms with van der Waals surface area (Å²) in [4.78, 5) is 15.9. The van der Waals surface area contributed by atoms with Crippen LogP contribution >= 0.6 is 27.5 Å². The van der Waals surface area contributed by atoms with Gasteiger partial charge in [-0.2, -0.15) is 0 Å². The molecule has 1 heterocycles. The highest BCUT2D eigenvalue weighted by Gasteiger charge is 2.12. The van der Waals surface area contributed by atoms with Gasteiger partial charge in [-0.25, -0.2) is 4.98 Å². The molecule has 1 aromatic carbocycles. The number of hydrogen-bond donors (Lipinski definition) is 1.